The molecule has 1 rings (SSSR count). The zero-order valence-electron chi connectivity index (χ0n) is 11.5. The highest BCUT2D eigenvalue weighted by Gasteiger charge is 2.10. The zero-order chi connectivity index (χ0) is 13.4. The summed E-state index contributed by atoms with van der Waals surface area (Å²) in [5.74, 6) is 0.594. The highest BCUT2D eigenvalue weighted by Crippen LogP contribution is 2.08. The predicted molar refractivity (Wildman–Crippen MR) is 89.4 cm³/mol. The molecule has 0 atom stereocenters. The first-order valence-corrected chi connectivity index (χ1v) is 8.38. The van der Waals surface area contributed by atoms with Crippen LogP contribution in [0.2, 0.25) is 0 Å². The maximum Gasteiger partial charge on any atom is 0.208 e. The van der Waals surface area contributed by atoms with Crippen LogP contribution in [0.3, 0.4) is 0 Å². The van der Waals surface area contributed by atoms with E-state index in [1.165, 1.54) is 25.7 Å². The van der Waals surface area contributed by atoms with Crippen LogP contribution in [0.25, 0.3) is 0 Å². The topological polar surface area (TPSA) is 87.8 Å². The van der Waals surface area contributed by atoms with E-state index in [1.807, 2.05) is 0 Å². The number of hydrogen-bond donors (Lipinski definition) is 2. The fourth-order valence-electron chi connectivity index (χ4n) is 1.93. The lowest BCUT2D eigenvalue weighted by molar-refractivity contribution is 0.428. The smallest absolute Gasteiger partial charge is 0.208 e. The van der Waals surface area contributed by atoms with E-state index in [2.05, 4.69) is 14.6 Å². The van der Waals surface area contributed by atoms with E-state index >= 15 is 0 Å². The van der Waals surface area contributed by atoms with Crippen LogP contribution in [0, 0.1) is 0 Å². The van der Waals surface area contributed by atoms with Crippen molar-refractivity contribution < 1.29 is 8.42 Å². The van der Waals surface area contributed by atoms with Crippen LogP contribution >= 0.6 is 24.0 Å². The molecular formula is C11H25IN4O2S. The van der Waals surface area contributed by atoms with Crippen LogP contribution in [0.15, 0.2) is 4.99 Å². The van der Waals surface area contributed by atoms with E-state index in [0.717, 1.165) is 19.3 Å². The number of hydrogen-bond acceptors (Lipinski definition) is 3. The van der Waals surface area contributed by atoms with Gasteiger partial charge in [0.1, 0.15) is 0 Å². The number of sulfonamides is 1. The average Bonchev–Trinajstić information content (AvgIpc) is 2.55. The van der Waals surface area contributed by atoms with Gasteiger partial charge in [-0.15, -0.1) is 24.0 Å². The maximum atomic E-state index is 10.8. The first-order valence-electron chi connectivity index (χ1n) is 6.48. The lowest BCUT2D eigenvalue weighted by Crippen LogP contribution is -2.38. The third kappa shape index (κ3) is 9.44. The molecule has 0 bridgehead atoms. The number of aliphatic imine (C=N–C) groups is 1. The number of nitrogens with two attached hydrogens (primary N) is 1. The molecule has 19 heavy (non-hydrogen) atoms. The molecule has 8 heteroatoms. The largest absolute Gasteiger partial charge is 0.370 e. The van der Waals surface area contributed by atoms with E-state index in [1.54, 1.807) is 0 Å². The Labute approximate surface area is 133 Å². The van der Waals surface area contributed by atoms with Crippen molar-refractivity contribution >= 4 is 40.0 Å². The van der Waals surface area contributed by atoms with Gasteiger partial charge in [0, 0.05) is 26.2 Å². The van der Waals surface area contributed by atoms with Crippen molar-refractivity contribution in [2.45, 2.75) is 32.1 Å². The Balaban J connectivity index is 0.00000324. The molecule has 0 aromatic carbocycles. The van der Waals surface area contributed by atoms with Crippen LogP contribution < -0.4 is 10.5 Å². The molecule has 114 valence electrons. The molecule has 0 aromatic heterocycles. The molecule has 1 saturated heterocycles. The summed E-state index contributed by atoms with van der Waals surface area (Å²) in [7, 11) is -3.09. The number of nitrogens with zero attached hydrogens (tertiary/aromatic N) is 2. The number of rotatable bonds is 5. The number of likely N-dealkylation sites (tertiary alicyclic amines) is 1. The minimum Gasteiger partial charge on any atom is -0.370 e. The molecule has 3 N–H and O–H groups in total. The highest BCUT2D eigenvalue weighted by molar-refractivity contribution is 14.0. The summed E-state index contributed by atoms with van der Waals surface area (Å²) < 4.78 is 24.1. The second-order valence-electron chi connectivity index (χ2n) is 4.66. The molecule has 0 amide bonds. The summed E-state index contributed by atoms with van der Waals surface area (Å²) in [6, 6.07) is 0. The van der Waals surface area contributed by atoms with Gasteiger partial charge in [-0.05, 0) is 19.3 Å². The van der Waals surface area contributed by atoms with Gasteiger partial charge in [0.05, 0.1) is 6.26 Å². The normalized spacial score (nSPS) is 17.7. The van der Waals surface area contributed by atoms with E-state index in [9.17, 15) is 8.42 Å². The SMILES string of the molecule is CS(=O)(=O)NCCCN=C(N)N1CCCCCC1.I. The molecule has 1 aliphatic heterocycles. The monoisotopic (exact) mass is 404 g/mol. The fourth-order valence-corrected chi connectivity index (χ4v) is 2.45. The molecule has 0 radical (unpaired) electrons. The Morgan fingerprint density at radius 1 is 1.26 bits per heavy atom. The third-order valence-corrected chi connectivity index (χ3v) is 3.63. The van der Waals surface area contributed by atoms with Gasteiger partial charge in [-0.3, -0.25) is 4.99 Å². The summed E-state index contributed by atoms with van der Waals surface area (Å²) >= 11 is 0. The Bertz CT molecular complexity index is 365. The van der Waals surface area contributed by atoms with E-state index < -0.39 is 10.0 Å². The number of guanidine groups is 1. The predicted octanol–water partition coefficient (Wildman–Crippen LogP) is 0.734. The number of nitrogens with one attached hydrogen (secondary N) is 1. The standard InChI is InChI=1S/C11H24N4O2S.HI/c1-18(16,17)14-8-6-7-13-11(12)15-9-4-2-3-5-10-15;/h14H,2-10H2,1H3,(H2,12,13);1H. The van der Waals surface area contributed by atoms with Crippen LogP contribution in [0.4, 0.5) is 0 Å². The Morgan fingerprint density at radius 2 is 1.84 bits per heavy atom. The Kier molecular flexibility index (Phi) is 9.71. The first kappa shape index (κ1) is 18.9. The van der Waals surface area contributed by atoms with Crippen molar-refractivity contribution in [1.82, 2.24) is 9.62 Å². The minimum absolute atomic E-state index is 0. The van der Waals surface area contributed by atoms with E-state index in [-0.39, 0.29) is 24.0 Å². The van der Waals surface area contributed by atoms with Crippen LogP contribution in [-0.4, -0.2) is 51.7 Å². The summed E-state index contributed by atoms with van der Waals surface area (Å²) in [4.78, 5) is 6.42. The Hall–Kier alpha value is -0.0900. The lowest BCUT2D eigenvalue weighted by Gasteiger charge is -2.21. The molecule has 0 unspecified atom stereocenters. The summed E-state index contributed by atoms with van der Waals surface area (Å²) in [6.07, 6.45) is 6.70. The van der Waals surface area contributed by atoms with Crippen molar-refractivity contribution in [1.29, 1.82) is 0 Å². The molecular weight excluding hydrogens is 379 g/mol. The fraction of sp³-hybridized carbons (Fsp3) is 0.909. The van der Waals surface area contributed by atoms with Gasteiger partial charge in [-0.2, -0.15) is 0 Å². The minimum atomic E-state index is -3.09. The molecule has 0 aromatic rings. The molecule has 0 saturated carbocycles. The molecule has 0 aliphatic carbocycles. The van der Waals surface area contributed by atoms with E-state index in [4.69, 9.17) is 5.73 Å². The van der Waals surface area contributed by atoms with Crippen molar-refractivity contribution in [3.05, 3.63) is 0 Å². The average molecular weight is 404 g/mol. The second kappa shape index (κ2) is 9.76. The van der Waals surface area contributed by atoms with Gasteiger partial charge in [-0.25, -0.2) is 13.1 Å². The van der Waals surface area contributed by atoms with Crippen LogP contribution in [0.5, 0.6) is 0 Å². The lowest BCUT2D eigenvalue weighted by atomic mass is 10.2. The summed E-state index contributed by atoms with van der Waals surface area (Å²) in [6.45, 7) is 2.94. The molecule has 1 fully saturated rings. The van der Waals surface area contributed by atoms with Gasteiger partial charge in [0.15, 0.2) is 5.96 Å². The highest BCUT2D eigenvalue weighted by atomic mass is 127. The zero-order valence-corrected chi connectivity index (χ0v) is 14.6. The number of halogens is 1. The van der Waals surface area contributed by atoms with Gasteiger partial charge in [-0.1, -0.05) is 12.8 Å². The Morgan fingerprint density at radius 3 is 2.37 bits per heavy atom. The van der Waals surface area contributed by atoms with E-state index in [0.29, 0.717) is 25.5 Å². The van der Waals surface area contributed by atoms with Crippen molar-refractivity contribution in [3.63, 3.8) is 0 Å². The quantitative estimate of drug-likeness (QED) is 0.306. The second-order valence-corrected chi connectivity index (χ2v) is 6.49. The summed E-state index contributed by atoms with van der Waals surface area (Å²) in [5, 5.41) is 0. The van der Waals surface area contributed by atoms with Crippen molar-refractivity contribution in [2.75, 3.05) is 32.4 Å². The van der Waals surface area contributed by atoms with Crippen molar-refractivity contribution in [2.24, 2.45) is 10.7 Å². The third-order valence-electron chi connectivity index (χ3n) is 2.90. The van der Waals surface area contributed by atoms with Crippen molar-refractivity contribution in [3.8, 4) is 0 Å². The van der Waals surface area contributed by atoms with Crippen LogP contribution in [-0.2, 0) is 10.0 Å². The van der Waals surface area contributed by atoms with Crippen LogP contribution in [0.1, 0.15) is 32.1 Å². The molecule has 1 aliphatic rings. The molecule has 6 nitrogen and oxygen atoms in total. The first-order chi connectivity index (χ1) is 8.49. The van der Waals surface area contributed by atoms with Gasteiger partial charge in [0.2, 0.25) is 10.0 Å². The van der Waals surface area contributed by atoms with Gasteiger partial charge < -0.3 is 10.6 Å². The maximum absolute atomic E-state index is 10.8. The van der Waals surface area contributed by atoms with Gasteiger partial charge in [0.25, 0.3) is 0 Å². The molecule has 0 spiro atoms. The summed E-state index contributed by atoms with van der Waals surface area (Å²) in [5.41, 5.74) is 5.92. The van der Waals surface area contributed by atoms with Gasteiger partial charge >= 0.3 is 0 Å². The molecule has 1 heterocycles.